The maximum absolute atomic E-state index is 6.05. The van der Waals surface area contributed by atoms with Gasteiger partial charge in [-0.05, 0) is 40.2 Å². The Hall–Kier alpha value is -0.610. The molecule has 0 aliphatic carbocycles. The Morgan fingerprint density at radius 1 is 0.944 bits per heavy atom. The summed E-state index contributed by atoms with van der Waals surface area (Å²) >= 11 is 21.1. The second-order valence-electron chi connectivity index (χ2n) is 3.48. The van der Waals surface area contributed by atoms with E-state index in [-0.39, 0.29) is 0 Å². The van der Waals surface area contributed by atoms with Crippen LogP contribution in [-0.4, -0.2) is 0 Å². The Balaban J connectivity index is 2.37. The molecule has 6 heteroatoms. The summed E-state index contributed by atoms with van der Waals surface area (Å²) in [6.45, 7) is 0. The van der Waals surface area contributed by atoms with Gasteiger partial charge in [0.2, 0.25) is 0 Å². The highest BCUT2D eigenvalue weighted by molar-refractivity contribution is 9.10. The standard InChI is InChI=1S/C12H7BrCl3NO/c13-7-4-9(16)12(5-8(7)15)18-11-2-1-6(14)3-10(11)17/h1-5H,17H2. The molecule has 0 spiro atoms. The Labute approximate surface area is 128 Å². The first kappa shape index (κ1) is 13.8. The van der Waals surface area contributed by atoms with Crippen LogP contribution in [0.5, 0.6) is 11.5 Å². The number of rotatable bonds is 2. The van der Waals surface area contributed by atoms with Crippen LogP contribution in [0, 0.1) is 0 Å². The highest BCUT2D eigenvalue weighted by atomic mass is 79.9. The summed E-state index contributed by atoms with van der Waals surface area (Å²) in [5, 5.41) is 1.47. The van der Waals surface area contributed by atoms with Crippen LogP contribution in [0.25, 0.3) is 0 Å². The van der Waals surface area contributed by atoms with E-state index in [1.807, 2.05) is 0 Å². The van der Waals surface area contributed by atoms with E-state index >= 15 is 0 Å². The number of benzene rings is 2. The van der Waals surface area contributed by atoms with Gasteiger partial charge in [0.05, 0.1) is 15.7 Å². The van der Waals surface area contributed by atoms with Gasteiger partial charge < -0.3 is 10.5 Å². The SMILES string of the molecule is Nc1cc(Cl)ccc1Oc1cc(Cl)c(Br)cc1Cl. The molecule has 0 amide bonds. The third-order valence-corrected chi connectivity index (χ3v) is 3.89. The fraction of sp³-hybridized carbons (Fsp3) is 0. The molecular formula is C12H7BrCl3NO. The monoisotopic (exact) mass is 365 g/mol. The van der Waals surface area contributed by atoms with E-state index in [1.54, 1.807) is 30.3 Å². The van der Waals surface area contributed by atoms with Crippen molar-refractivity contribution in [1.29, 1.82) is 0 Å². The first-order valence-electron chi connectivity index (χ1n) is 4.85. The molecule has 0 atom stereocenters. The van der Waals surface area contributed by atoms with Crippen LogP contribution < -0.4 is 10.5 Å². The largest absolute Gasteiger partial charge is 0.454 e. The second kappa shape index (κ2) is 5.57. The minimum Gasteiger partial charge on any atom is -0.454 e. The van der Waals surface area contributed by atoms with E-state index in [0.717, 1.165) is 0 Å². The van der Waals surface area contributed by atoms with Crippen molar-refractivity contribution in [2.75, 3.05) is 5.73 Å². The molecule has 2 aromatic carbocycles. The van der Waals surface area contributed by atoms with Gasteiger partial charge in [-0.1, -0.05) is 34.8 Å². The van der Waals surface area contributed by atoms with E-state index in [4.69, 9.17) is 45.3 Å². The van der Waals surface area contributed by atoms with Gasteiger partial charge in [0.25, 0.3) is 0 Å². The third-order valence-electron chi connectivity index (χ3n) is 2.17. The van der Waals surface area contributed by atoms with Crippen molar-refractivity contribution >= 4 is 56.4 Å². The van der Waals surface area contributed by atoms with Crippen LogP contribution in [0.1, 0.15) is 0 Å². The molecule has 2 nitrogen and oxygen atoms in total. The van der Waals surface area contributed by atoms with Crippen LogP contribution >= 0.6 is 50.7 Å². The van der Waals surface area contributed by atoms with Crippen LogP contribution in [0.2, 0.25) is 15.1 Å². The molecule has 94 valence electrons. The highest BCUT2D eigenvalue weighted by Gasteiger charge is 2.09. The molecule has 0 aromatic heterocycles. The van der Waals surface area contributed by atoms with Crippen LogP contribution in [0.3, 0.4) is 0 Å². The number of ether oxygens (including phenoxy) is 1. The average Bonchev–Trinajstić information content (AvgIpc) is 2.29. The van der Waals surface area contributed by atoms with E-state index in [0.29, 0.717) is 36.7 Å². The van der Waals surface area contributed by atoms with Crippen molar-refractivity contribution < 1.29 is 4.74 Å². The van der Waals surface area contributed by atoms with E-state index in [9.17, 15) is 0 Å². The summed E-state index contributed by atoms with van der Waals surface area (Å²) in [4.78, 5) is 0. The molecular weight excluding hydrogens is 360 g/mol. The molecule has 2 rings (SSSR count). The van der Waals surface area contributed by atoms with Gasteiger partial charge in [-0.3, -0.25) is 0 Å². The number of anilines is 1. The topological polar surface area (TPSA) is 35.2 Å². The summed E-state index contributed by atoms with van der Waals surface area (Å²) < 4.78 is 6.31. The zero-order valence-electron chi connectivity index (χ0n) is 8.88. The van der Waals surface area contributed by atoms with Gasteiger partial charge in [-0.15, -0.1) is 0 Å². The molecule has 2 N–H and O–H groups in total. The van der Waals surface area contributed by atoms with Crippen LogP contribution in [0.4, 0.5) is 5.69 Å². The minimum absolute atomic E-state index is 0.428. The number of halogens is 4. The zero-order valence-corrected chi connectivity index (χ0v) is 12.7. The van der Waals surface area contributed by atoms with Gasteiger partial charge in [0.1, 0.15) is 11.5 Å². The third kappa shape index (κ3) is 3.04. The van der Waals surface area contributed by atoms with Gasteiger partial charge in [0, 0.05) is 15.6 Å². The maximum atomic E-state index is 6.05. The Bertz CT molecular complexity index is 604. The Morgan fingerprint density at radius 3 is 2.33 bits per heavy atom. The predicted octanol–water partition coefficient (Wildman–Crippen LogP) is 5.78. The molecule has 0 radical (unpaired) electrons. The van der Waals surface area contributed by atoms with Crippen molar-refractivity contribution in [1.82, 2.24) is 0 Å². The lowest BCUT2D eigenvalue weighted by Crippen LogP contribution is -1.92. The van der Waals surface area contributed by atoms with Gasteiger partial charge in [-0.25, -0.2) is 0 Å². The summed E-state index contributed by atoms with van der Waals surface area (Å²) in [6.07, 6.45) is 0. The van der Waals surface area contributed by atoms with E-state index in [1.165, 1.54) is 0 Å². The van der Waals surface area contributed by atoms with Crippen molar-refractivity contribution in [2.24, 2.45) is 0 Å². The van der Waals surface area contributed by atoms with Gasteiger partial charge in [-0.2, -0.15) is 0 Å². The highest BCUT2D eigenvalue weighted by Crippen LogP contribution is 2.38. The molecule has 0 saturated carbocycles. The van der Waals surface area contributed by atoms with Crippen molar-refractivity contribution in [2.45, 2.75) is 0 Å². The number of nitrogens with two attached hydrogens (primary N) is 1. The second-order valence-corrected chi connectivity index (χ2v) is 5.59. The predicted molar refractivity (Wildman–Crippen MR) is 80.1 cm³/mol. The molecule has 0 fully saturated rings. The lowest BCUT2D eigenvalue weighted by molar-refractivity contribution is 0.485. The van der Waals surface area contributed by atoms with Crippen molar-refractivity contribution in [3.05, 3.63) is 49.9 Å². The summed E-state index contributed by atoms with van der Waals surface area (Å²) in [6, 6.07) is 8.23. The summed E-state index contributed by atoms with van der Waals surface area (Å²) in [5.74, 6) is 0.901. The quantitative estimate of drug-likeness (QED) is 0.539. The normalized spacial score (nSPS) is 10.4. The van der Waals surface area contributed by atoms with Crippen LogP contribution in [0.15, 0.2) is 34.8 Å². The number of hydrogen-bond donors (Lipinski definition) is 1. The van der Waals surface area contributed by atoms with E-state index in [2.05, 4.69) is 15.9 Å². The average molecular weight is 367 g/mol. The molecule has 0 unspecified atom stereocenters. The van der Waals surface area contributed by atoms with E-state index < -0.39 is 0 Å². The van der Waals surface area contributed by atoms with Crippen molar-refractivity contribution in [3.63, 3.8) is 0 Å². The molecule has 0 heterocycles. The molecule has 0 aliphatic rings. The molecule has 0 bridgehead atoms. The first-order valence-corrected chi connectivity index (χ1v) is 6.77. The van der Waals surface area contributed by atoms with Gasteiger partial charge >= 0.3 is 0 Å². The minimum atomic E-state index is 0.428. The molecule has 0 saturated heterocycles. The van der Waals surface area contributed by atoms with Gasteiger partial charge in [0.15, 0.2) is 0 Å². The fourth-order valence-corrected chi connectivity index (χ4v) is 2.32. The molecule has 0 aliphatic heterocycles. The smallest absolute Gasteiger partial charge is 0.150 e. The number of hydrogen-bond acceptors (Lipinski definition) is 2. The summed E-state index contributed by atoms with van der Waals surface area (Å²) in [5.41, 5.74) is 6.22. The fourth-order valence-electron chi connectivity index (χ4n) is 1.31. The zero-order chi connectivity index (χ0) is 13.3. The number of nitrogen functional groups attached to an aromatic ring is 1. The Kier molecular flexibility index (Phi) is 4.28. The lowest BCUT2D eigenvalue weighted by Gasteiger charge is -2.11. The molecule has 2 aromatic rings. The lowest BCUT2D eigenvalue weighted by atomic mass is 10.3. The summed E-state index contributed by atoms with van der Waals surface area (Å²) in [7, 11) is 0. The first-order chi connectivity index (χ1) is 8.47. The van der Waals surface area contributed by atoms with Crippen LogP contribution in [-0.2, 0) is 0 Å². The Morgan fingerprint density at radius 2 is 1.67 bits per heavy atom. The molecule has 18 heavy (non-hydrogen) atoms. The van der Waals surface area contributed by atoms with Crippen molar-refractivity contribution in [3.8, 4) is 11.5 Å². The maximum Gasteiger partial charge on any atom is 0.150 e.